The summed E-state index contributed by atoms with van der Waals surface area (Å²) in [6.07, 6.45) is 4.49. The molecule has 2 N–H and O–H groups in total. The molecule has 134 valence electrons. The lowest BCUT2D eigenvalue weighted by atomic mass is 9.87. The smallest absolute Gasteiger partial charge is 0.0178 e. The van der Waals surface area contributed by atoms with Crippen molar-refractivity contribution in [1.82, 2.24) is 0 Å². The lowest BCUT2D eigenvalue weighted by Crippen LogP contribution is -2.03. The van der Waals surface area contributed by atoms with Crippen molar-refractivity contribution < 1.29 is 0 Å². The predicted molar refractivity (Wildman–Crippen MR) is 113 cm³/mol. The fourth-order valence-electron chi connectivity index (χ4n) is 3.72. The van der Waals surface area contributed by atoms with E-state index in [4.69, 9.17) is 5.73 Å². The van der Waals surface area contributed by atoms with Gasteiger partial charge in [-0.25, -0.2) is 0 Å². The average Bonchev–Trinajstić information content (AvgIpc) is 2.69. The van der Waals surface area contributed by atoms with Gasteiger partial charge in [0.1, 0.15) is 0 Å². The van der Waals surface area contributed by atoms with Crippen LogP contribution in [0.1, 0.15) is 43.4 Å². The van der Waals surface area contributed by atoms with Gasteiger partial charge in [0.05, 0.1) is 0 Å². The molecule has 0 unspecified atom stereocenters. The van der Waals surface area contributed by atoms with Crippen molar-refractivity contribution in [2.24, 2.45) is 5.73 Å². The van der Waals surface area contributed by atoms with Crippen LogP contribution in [0.2, 0.25) is 0 Å². The number of aryl methyl sites for hydroxylation is 2. The molecule has 3 aromatic rings. The van der Waals surface area contributed by atoms with Gasteiger partial charge in [-0.05, 0) is 51.8 Å². The molecule has 0 radical (unpaired) electrons. The van der Waals surface area contributed by atoms with E-state index in [0.717, 1.165) is 25.7 Å². The number of rotatable bonds is 7. The van der Waals surface area contributed by atoms with Crippen LogP contribution in [0.5, 0.6) is 0 Å². The Morgan fingerprint density at radius 1 is 0.654 bits per heavy atom. The zero-order valence-electron chi connectivity index (χ0n) is 16.0. The number of hydrogen-bond acceptors (Lipinski definition) is 1. The number of hydrogen-bond donors (Lipinski definition) is 1. The SMILES string of the molecule is CCCc1cc(CN)cc(CCC)c1-c1ccc(-c2ccccc2)cc1. The van der Waals surface area contributed by atoms with E-state index in [0.29, 0.717) is 6.54 Å². The molecule has 0 aliphatic heterocycles. The largest absolute Gasteiger partial charge is 0.326 e. The van der Waals surface area contributed by atoms with Gasteiger partial charge in [-0.3, -0.25) is 0 Å². The lowest BCUT2D eigenvalue weighted by molar-refractivity contribution is 0.889. The summed E-state index contributed by atoms with van der Waals surface area (Å²) < 4.78 is 0. The zero-order chi connectivity index (χ0) is 18.4. The van der Waals surface area contributed by atoms with E-state index >= 15 is 0 Å². The monoisotopic (exact) mass is 343 g/mol. The standard InChI is InChI=1S/C25H29N/c1-3-8-23-16-19(18-26)17-24(9-4-2)25(23)22-14-12-21(13-15-22)20-10-6-5-7-11-20/h5-7,10-17H,3-4,8-9,18,26H2,1-2H3. The van der Waals surface area contributed by atoms with Gasteiger partial charge < -0.3 is 5.73 Å². The molecule has 0 heterocycles. The molecule has 0 aromatic heterocycles. The van der Waals surface area contributed by atoms with Gasteiger partial charge in [0.25, 0.3) is 0 Å². The molecule has 0 aliphatic rings. The van der Waals surface area contributed by atoms with Crippen LogP contribution in [0.3, 0.4) is 0 Å². The molecule has 26 heavy (non-hydrogen) atoms. The van der Waals surface area contributed by atoms with Gasteiger partial charge >= 0.3 is 0 Å². The molecule has 0 saturated heterocycles. The maximum absolute atomic E-state index is 5.95. The molecule has 0 fully saturated rings. The third kappa shape index (κ3) is 4.05. The average molecular weight is 344 g/mol. The summed E-state index contributed by atoms with van der Waals surface area (Å²) in [4.78, 5) is 0. The van der Waals surface area contributed by atoms with Crippen LogP contribution in [0.15, 0.2) is 66.7 Å². The predicted octanol–water partition coefficient (Wildman–Crippen LogP) is 6.38. The zero-order valence-corrected chi connectivity index (χ0v) is 16.0. The molecule has 3 rings (SSSR count). The summed E-state index contributed by atoms with van der Waals surface area (Å²) in [5.41, 5.74) is 15.3. The Labute approximate surface area is 157 Å². The molecule has 0 spiro atoms. The summed E-state index contributed by atoms with van der Waals surface area (Å²) in [6.45, 7) is 5.11. The van der Waals surface area contributed by atoms with Crippen molar-refractivity contribution >= 4 is 0 Å². The molecule has 3 aromatic carbocycles. The first-order valence-corrected chi connectivity index (χ1v) is 9.77. The van der Waals surface area contributed by atoms with Crippen molar-refractivity contribution in [1.29, 1.82) is 0 Å². The minimum absolute atomic E-state index is 0.612. The normalized spacial score (nSPS) is 10.9. The van der Waals surface area contributed by atoms with Crippen molar-refractivity contribution in [3.05, 3.63) is 83.4 Å². The Hall–Kier alpha value is -2.38. The maximum atomic E-state index is 5.95. The maximum Gasteiger partial charge on any atom is 0.0178 e. The first-order chi connectivity index (χ1) is 12.8. The van der Waals surface area contributed by atoms with E-state index in [1.54, 1.807) is 0 Å². The third-order valence-corrected chi connectivity index (χ3v) is 4.92. The highest BCUT2D eigenvalue weighted by molar-refractivity contribution is 5.75. The Balaban J connectivity index is 2.06. The Morgan fingerprint density at radius 3 is 1.65 bits per heavy atom. The van der Waals surface area contributed by atoms with Gasteiger partial charge in [-0.15, -0.1) is 0 Å². The molecule has 1 heteroatoms. The summed E-state index contributed by atoms with van der Waals surface area (Å²) in [6, 6.07) is 24.2. The molecular formula is C25H29N. The van der Waals surface area contributed by atoms with E-state index < -0.39 is 0 Å². The Bertz CT molecular complexity index is 805. The minimum atomic E-state index is 0.612. The van der Waals surface area contributed by atoms with Gasteiger partial charge in [-0.2, -0.15) is 0 Å². The van der Waals surface area contributed by atoms with Gasteiger partial charge in [-0.1, -0.05) is 93.4 Å². The Kier molecular flexibility index (Phi) is 6.25. The first kappa shape index (κ1) is 18.4. The first-order valence-electron chi connectivity index (χ1n) is 9.77. The van der Waals surface area contributed by atoms with Crippen molar-refractivity contribution in [3.8, 4) is 22.3 Å². The molecular weight excluding hydrogens is 314 g/mol. The molecule has 0 bridgehead atoms. The van der Waals surface area contributed by atoms with Crippen LogP contribution < -0.4 is 5.73 Å². The van der Waals surface area contributed by atoms with E-state index in [1.165, 1.54) is 38.9 Å². The summed E-state index contributed by atoms with van der Waals surface area (Å²) in [7, 11) is 0. The summed E-state index contributed by atoms with van der Waals surface area (Å²) in [5.74, 6) is 0. The van der Waals surface area contributed by atoms with E-state index in [9.17, 15) is 0 Å². The highest BCUT2D eigenvalue weighted by Gasteiger charge is 2.12. The molecule has 1 nitrogen and oxygen atoms in total. The second-order valence-electron chi connectivity index (χ2n) is 6.94. The number of benzene rings is 3. The fraction of sp³-hybridized carbons (Fsp3) is 0.280. The van der Waals surface area contributed by atoms with Crippen LogP contribution >= 0.6 is 0 Å². The summed E-state index contributed by atoms with van der Waals surface area (Å²) >= 11 is 0. The molecule has 0 saturated carbocycles. The molecule has 0 atom stereocenters. The lowest BCUT2D eigenvalue weighted by Gasteiger charge is -2.17. The van der Waals surface area contributed by atoms with Gasteiger partial charge in [0.15, 0.2) is 0 Å². The summed E-state index contributed by atoms with van der Waals surface area (Å²) in [5, 5.41) is 0. The minimum Gasteiger partial charge on any atom is -0.326 e. The van der Waals surface area contributed by atoms with Gasteiger partial charge in [0.2, 0.25) is 0 Å². The van der Waals surface area contributed by atoms with Crippen molar-refractivity contribution in [2.75, 3.05) is 0 Å². The van der Waals surface area contributed by atoms with Crippen LogP contribution in [0.4, 0.5) is 0 Å². The third-order valence-electron chi connectivity index (χ3n) is 4.92. The Morgan fingerprint density at radius 2 is 1.15 bits per heavy atom. The second-order valence-corrected chi connectivity index (χ2v) is 6.94. The van der Waals surface area contributed by atoms with E-state index in [2.05, 4.69) is 80.6 Å². The van der Waals surface area contributed by atoms with Crippen LogP contribution in [-0.4, -0.2) is 0 Å². The second kappa shape index (κ2) is 8.82. The van der Waals surface area contributed by atoms with Crippen molar-refractivity contribution in [2.45, 2.75) is 46.1 Å². The van der Waals surface area contributed by atoms with Crippen LogP contribution in [-0.2, 0) is 19.4 Å². The molecule has 0 aliphatic carbocycles. The van der Waals surface area contributed by atoms with E-state index in [1.807, 2.05) is 0 Å². The highest BCUT2D eigenvalue weighted by Crippen LogP contribution is 2.33. The molecule has 0 amide bonds. The topological polar surface area (TPSA) is 26.0 Å². The van der Waals surface area contributed by atoms with Crippen molar-refractivity contribution in [3.63, 3.8) is 0 Å². The van der Waals surface area contributed by atoms with E-state index in [-0.39, 0.29) is 0 Å². The van der Waals surface area contributed by atoms with Crippen LogP contribution in [0.25, 0.3) is 22.3 Å². The fourth-order valence-corrected chi connectivity index (χ4v) is 3.72. The quantitative estimate of drug-likeness (QED) is 0.529. The highest BCUT2D eigenvalue weighted by atomic mass is 14.5. The van der Waals surface area contributed by atoms with Crippen LogP contribution in [0, 0.1) is 0 Å². The number of nitrogens with two attached hydrogens (primary N) is 1. The van der Waals surface area contributed by atoms with Gasteiger partial charge in [0, 0.05) is 6.54 Å².